The number of nitrogens with zero attached hydrogens (tertiary/aromatic N) is 2. The van der Waals surface area contributed by atoms with Crippen LogP contribution in [0.1, 0.15) is 11.4 Å². The van der Waals surface area contributed by atoms with Gasteiger partial charge in [-0.3, -0.25) is 4.79 Å². The van der Waals surface area contributed by atoms with Gasteiger partial charge < -0.3 is 9.88 Å². The topological polar surface area (TPSA) is 46.9 Å². The van der Waals surface area contributed by atoms with Crippen LogP contribution in [0.5, 0.6) is 0 Å². The van der Waals surface area contributed by atoms with Gasteiger partial charge in [0.2, 0.25) is 5.91 Å². The van der Waals surface area contributed by atoms with E-state index in [9.17, 15) is 4.79 Å². The van der Waals surface area contributed by atoms with Crippen LogP contribution in [-0.2, 0) is 17.8 Å². The summed E-state index contributed by atoms with van der Waals surface area (Å²) in [6.07, 6.45) is 1.96. The fraction of sp³-hybridized carbons (Fsp3) is 0.130. The molecule has 4 rings (SSSR count). The Bertz CT molecular complexity index is 1130. The zero-order valence-electron chi connectivity index (χ0n) is 15.1. The Balaban J connectivity index is 1.66. The Hall–Kier alpha value is -3.40. The molecule has 4 heteroatoms. The maximum Gasteiger partial charge on any atom is 0.243 e. The van der Waals surface area contributed by atoms with Crippen LogP contribution < -0.4 is 5.32 Å². The lowest BCUT2D eigenvalue weighted by atomic mass is 10.1. The van der Waals surface area contributed by atoms with Crippen molar-refractivity contribution in [2.45, 2.75) is 13.0 Å². The molecule has 0 radical (unpaired) electrons. The number of amides is 1. The fourth-order valence-electron chi connectivity index (χ4n) is 3.38. The highest BCUT2D eigenvalue weighted by Crippen LogP contribution is 2.21. The van der Waals surface area contributed by atoms with Crippen LogP contribution in [-0.4, -0.2) is 22.0 Å². The van der Waals surface area contributed by atoms with Crippen molar-refractivity contribution in [3.05, 3.63) is 90.8 Å². The molecule has 1 amide bonds. The Labute approximate surface area is 158 Å². The molecule has 1 heterocycles. The quantitative estimate of drug-likeness (QED) is 0.530. The molecule has 0 unspecified atom stereocenters. The highest BCUT2D eigenvalue weighted by atomic mass is 16.1. The van der Waals surface area contributed by atoms with E-state index in [1.54, 1.807) is 0 Å². The molecule has 0 aliphatic heterocycles. The molecule has 27 heavy (non-hydrogen) atoms. The van der Waals surface area contributed by atoms with Gasteiger partial charge in [-0.2, -0.15) is 0 Å². The minimum absolute atomic E-state index is 0.160. The smallest absolute Gasteiger partial charge is 0.243 e. The molecular weight excluding hydrogens is 334 g/mol. The van der Waals surface area contributed by atoms with E-state index >= 15 is 0 Å². The molecule has 134 valence electrons. The van der Waals surface area contributed by atoms with Crippen molar-refractivity contribution < 1.29 is 4.79 Å². The molecular formula is C23H21N3O. The van der Waals surface area contributed by atoms with Crippen LogP contribution >= 0.6 is 0 Å². The minimum Gasteiger partial charge on any atom is -0.352 e. The molecule has 0 atom stereocenters. The molecule has 3 aromatic carbocycles. The predicted octanol–water partition coefficient (Wildman–Crippen LogP) is 4.08. The number of hydrogen-bond acceptors (Lipinski definition) is 2. The number of carbonyl (C=O) groups is 1. The van der Waals surface area contributed by atoms with Crippen molar-refractivity contribution in [2.24, 2.45) is 0 Å². The molecule has 0 aliphatic carbocycles. The van der Waals surface area contributed by atoms with Crippen molar-refractivity contribution in [3.63, 3.8) is 0 Å². The first kappa shape index (κ1) is 17.0. The van der Waals surface area contributed by atoms with E-state index in [-0.39, 0.29) is 5.91 Å². The lowest BCUT2D eigenvalue weighted by Crippen LogP contribution is -2.24. The summed E-state index contributed by atoms with van der Waals surface area (Å²) in [7, 11) is 0. The van der Waals surface area contributed by atoms with Gasteiger partial charge in [0.1, 0.15) is 5.82 Å². The second kappa shape index (κ2) is 7.46. The summed E-state index contributed by atoms with van der Waals surface area (Å²) in [5.74, 6) is 0.806. The second-order valence-electron chi connectivity index (χ2n) is 6.53. The number of carbonyl (C=O) groups excluding carboxylic acids is 1. The van der Waals surface area contributed by atoms with E-state index in [0.717, 1.165) is 23.4 Å². The number of nitrogens with one attached hydrogen (secondary N) is 1. The largest absolute Gasteiger partial charge is 0.352 e. The van der Waals surface area contributed by atoms with Crippen LogP contribution in [0.2, 0.25) is 0 Å². The third-order valence-corrected chi connectivity index (χ3v) is 4.72. The third-order valence-electron chi connectivity index (χ3n) is 4.72. The summed E-state index contributed by atoms with van der Waals surface area (Å²) in [4.78, 5) is 16.2. The molecule has 0 spiro atoms. The average molecular weight is 355 g/mol. The SMILES string of the molecule is C=CC(=O)NCCc1nc2ccccc2n1Cc1ccc2ccccc2c1. The van der Waals surface area contributed by atoms with Gasteiger partial charge in [-0.25, -0.2) is 4.98 Å². The number of para-hydroxylation sites is 2. The summed E-state index contributed by atoms with van der Waals surface area (Å²) in [5.41, 5.74) is 3.31. The normalized spacial score (nSPS) is 11.0. The monoisotopic (exact) mass is 355 g/mol. The van der Waals surface area contributed by atoms with Crippen LogP contribution in [0, 0.1) is 0 Å². The molecule has 0 saturated heterocycles. The van der Waals surface area contributed by atoms with Gasteiger partial charge >= 0.3 is 0 Å². The minimum atomic E-state index is -0.160. The highest BCUT2D eigenvalue weighted by molar-refractivity contribution is 5.86. The molecule has 0 bridgehead atoms. The maximum absolute atomic E-state index is 11.4. The van der Waals surface area contributed by atoms with Gasteiger partial charge in [0.15, 0.2) is 0 Å². The summed E-state index contributed by atoms with van der Waals surface area (Å²) >= 11 is 0. The summed E-state index contributed by atoms with van der Waals surface area (Å²) in [6, 6.07) is 23.1. The van der Waals surface area contributed by atoms with Crippen LogP contribution in [0.25, 0.3) is 21.8 Å². The number of benzene rings is 3. The van der Waals surface area contributed by atoms with E-state index in [4.69, 9.17) is 4.98 Å². The van der Waals surface area contributed by atoms with Gasteiger partial charge in [-0.1, -0.05) is 55.1 Å². The summed E-state index contributed by atoms with van der Waals surface area (Å²) in [6.45, 7) is 4.77. The van der Waals surface area contributed by atoms with E-state index < -0.39 is 0 Å². The zero-order valence-corrected chi connectivity index (χ0v) is 15.1. The molecule has 1 aromatic heterocycles. The molecule has 4 nitrogen and oxygen atoms in total. The van der Waals surface area contributed by atoms with Crippen LogP contribution in [0.4, 0.5) is 0 Å². The van der Waals surface area contributed by atoms with E-state index in [1.165, 1.54) is 22.4 Å². The lowest BCUT2D eigenvalue weighted by Gasteiger charge is -2.11. The van der Waals surface area contributed by atoms with E-state index in [0.29, 0.717) is 13.0 Å². The number of hydrogen-bond donors (Lipinski definition) is 1. The van der Waals surface area contributed by atoms with Crippen molar-refractivity contribution in [3.8, 4) is 0 Å². The number of rotatable bonds is 6. The Morgan fingerprint density at radius 3 is 2.67 bits per heavy atom. The maximum atomic E-state index is 11.4. The van der Waals surface area contributed by atoms with Gasteiger partial charge in [-0.05, 0) is 40.6 Å². The average Bonchev–Trinajstić information content (AvgIpc) is 3.05. The fourth-order valence-corrected chi connectivity index (χ4v) is 3.38. The summed E-state index contributed by atoms with van der Waals surface area (Å²) in [5, 5.41) is 5.31. The molecule has 4 aromatic rings. The molecule has 0 fully saturated rings. The number of imidazole rings is 1. The number of fused-ring (bicyclic) bond motifs is 2. The third kappa shape index (κ3) is 3.60. The van der Waals surface area contributed by atoms with Crippen LogP contribution in [0.15, 0.2) is 79.4 Å². The van der Waals surface area contributed by atoms with Crippen molar-refractivity contribution in [2.75, 3.05) is 6.54 Å². The van der Waals surface area contributed by atoms with Gasteiger partial charge in [-0.15, -0.1) is 0 Å². The molecule has 0 aliphatic rings. The van der Waals surface area contributed by atoms with Crippen molar-refractivity contribution in [1.29, 1.82) is 0 Å². The Kier molecular flexibility index (Phi) is 4.71. The van der Waals surface area contributed by atoms with Gasteiger partial charge in [0.25, 0.3) is 0 Å². The first-order chi connectivity index (χ1) is 13.2. The molecule has 0 saturated carbocycles. The van der Waals surface area contributed by atoms with Crippen molar-refractivity contribution in [1.82, 2.24) is 14.9 Å². The Morgan fingerprint density at radius 1 is 1.04 bits per heavy atom. The van der Waals surface area contributed by atoms with E-state index in [1.807, 2.05) is 18.2 Å². The Morgan fingerprint density at radius 2 is 1.81 bits per heavy atom. The predicted molar refractivity (Wildman–Crippen MR) is 110 cm³/mol. The molecule has 1 N–H and O–H groups in total. The summed E-state index contributed by atoms with van der Waals surface area (Å²) < 4.78 is 2.24. The first-order valence-corrected chi connectivity index (χ1v) is 9.07. The van der Waals surface area contributed by atoms with Crippen LogP contribution in [0.3, 0.4) is 0 Å². The second-order valence-corrected chi connectivity index (χ2v) is 6.53. The lowest BCUT2D eigenvalue weighted by molar-refractivity contribution is -0.116. The number of aromatic nitrogens is 2. The standard InChI is InChI=1S/C23H21N3O/c1-2-23(27)24-14-13-22-25-20-9-5-6-10-21(20)26(22)16-17-11-12-18-7-3-4-8-19(18)15-17/h2-12,15H,1,13-14,16H2,(H,24,27). The highest BCUT2D eigenvalue weighted by Gasteiger charge is 2.11. The zero-order chi connectivity index (χ0) is 18.6. The van der Waals surface area contributed by atoms with Crippen molar-refractivity contribution >= 4 is 27.7 Å². The van der Waals surface area contributed by atoms with Gasteiger partial charge in [0.05, 0.1) is 11.0 Å². The first-order valence-electron chi connectivity index (χ1n) is 9.07. The van der Waals surface area contributed by atoms with Gasteiger partial charge in [0, 0.05) is 19.5 Å². The van der Waals surface area contributed by atoms with E-state index in [2.05, 4.69) is 65.0 Å².